The van der Waals surface area contributed by atoms with Crippen LogP contribution < -0.4 is 0 Å². The first kappa shape index (κ1) is 9.31. The Hall–Kier alpha value is -0.780. The van der Waals surface area contributed by atoms with Crippen molar-refractivity contribution in [2.75, 3.05) is 0 Å². The van der Waals surface area contributed by atoms with Gasteiger partial charge in [0.1, 0.15) is 0 Å². The van der Waals surface area contributed by atoms with Crippen molar-refractivity contribution < 1.29 is 0 Å². The molecule has 0 saturated heterocycles. The highest BCUT2D eigenvalue weighted by atomic mass is 14.3. The number of hydrogen-bond donors (Lipinski definition) is 0. The third kappa shape index (κ3) is 1.88. The van der Waals surface area contributed by atoms with E-state index in [2.05, 4.69) is 31.7 Å². The van der Waals surface area contributed by atoms with Crippen molar-refractivity contribution >= 4 is 0 Å². The molecular weight excluding hydrogens is 144 g/mol. The second-order valence-electron chi connectivity index (χ2n) is 3.46. The van der Waals surface area contributed by atoms with Crippen LogP contribution in [0.1, 0.15) is 26.7 Å². The maximum absolute atomic E-state index is 3.36. The van der Waals surface area contributed by atoms with Crippen LogP contribution in [-0.4, -0.2) is 0 Å². The first-order valence-electron chi connectivity index (χ1n) is 4.72. The quantitative estimate of drug-likeness (QED) is 0.476. The first-order valence-corrected chi connectivity index (χ1v) is 4.72. The normalized spacial score (nSPS) is 33.3. The molecule has 2 aliphatic carbocycles. The summed E-state index contributed by atoms with van der Waals surface area (Å²) in [6.45, 7) is 7.41. The molecule has 0 aromatic rings. The standard InChI is InChI=1S/C9H12.C3H6/c1-2-8-5-7-3-4-9(8)6-7;1-3-2/h2-4,7,9H,5-6H2,1H3;3H,1H2,2H3/b8-2+;. The lowest BCUT2D eigenvalue weighted by Gasteiger charge is -2.05. The van der Waals surface area contributed by atoms with Gasteiger partial charge in [-0.15, -0.1) is 6.58 Å². The van der Waals surface area contributed by atoms with E-state index in [-0.39, 0.29) is 0 Å². The van der Waals surface area contributed by atoms with E-state index in [1.807, 2.05) is 6.92 Å². The van der Waals surface area contributed by atoms with Crippen LogP contribution in [-0.2, 0) is 0 Å². The van der Waals surface area contributed by atoms with Crippen LogP contribution in [0, 0.1) is 11.8 Å². The summed E-state index contributed by atoms with van der Waals surface area (Å²) in [5.74, 6) is 1.74. The van der Waals surface area contributed by atoms with Gasteiger partial charge in [0.05, 0.1) is 0 Å². The van der Waals surface area contributed by atoms with Crippen molar-refractivity contribution in [3.8, 4) is 0 Å². The van der Waals surface area contributed by atoms with Gasteiger partial charge in [0.25, 0.3) is 0 Å². The molecule has 2 unspecified atom stereocenters. The van der Waals surface area contributed by atoms with Crippen LogP contribution >= 0.6 is 0 Å². The predicted molar refractivity (Wildman–Crippen MR) is 55.0 cm³/mol. The smallest absolute Gasteiger partial charge is 0.00174 e. The zero-order valence-corrected chi connectivity index (χ0v) is 8.09. The van der Waals surface area contributed by atoms with E-state index in [1.165, 1.54) is 12.8 Å². The largest absolute Gasteiger partial charge is 0.103 e. The Bertz CT molecular complexity index is 208. The lowest BCUT2D eigenvalue weighted by atomic mass is 10.0. The number of fused-ring (bicyclic) bond motifs is 2. The van der Waals surface area contributed by atoms with Crippen molar-refractivity contribution in [1.29, 1.82) is 0 Å². The molecule has 0 radical (unpaired) electrons. The Kier molecular flexibility index (Phi) is 3.33. The molecule has 12 heavy (non-hydrogen) atoms. The summed E-state index contributed by atoms with van der Waals surface area (Å²) < 4.78 is 0. The molecule has 66 valence electrons. The molecule has 2 atom stereocenters. The lowest BCUT2D eigenvalue weighted by Crippen LogP contribution is -1.90. The Morgan fingerprint density at radius 3 is 2.33 bits per heavy atom. The molecule has 0 N–H and O–H groups in total. The van der Waals surface area contributed by atoms with Crippen molar-refractivity contribution in [2.45, 2.75) is 26.7 Å². The van der Waals surface area contributed by atoms with Crippen LogP contribution in [0.15, 0.2) is 36.5 Å². The van der Waals surface area contributed by atoms with Crippen LogP contribution in [0.2, 0.25) is 0 Å². The number of hydrogen-bond acceptors (Lipinski definition) is 0. The minimum atomic E-state index is 0.833. The van der Waals surface area contributed by atoms with Gasteiger partial charge in [0.15, 0.2) is 0 Å². The second kappa shape index (κ2) is 4.30. The van der Waals surface area contributed by atoms with Gasteiger partial charge in [0, 0.05) is 0 Å². The fourth-order valence-corrected chi connectivity index (χ4v) is 1.99. The van der Waals surface area contributed by atoms with E-state index in [0.717, 1.165) is 11.8 Å². The average molecular weight is 162 g/mol. The summed E-state index contributed by atoms with van der Waals surface area (Å²) in [5.41, 5.74) is 1.67. The van der Waals surface area contributed by atoms with Gasteiger partial charge in [0.2, 0.25) is 0 Å². The number of allylic oxidation sites excluding steroid dienone is 5. The van der Waals surface area contributed by atoms with Crippen LogP contribution in [0.4, 0.5) is 0 Å². The minimum Gasteiger partial charge on any atom is -0.103 e. The van der Waals surface area contributed by atoms with Crippen molar-refractivity contribution in [3.05, 3.63) is 36.5 Å². The summed E-state index contributed by atoms with van der Waals surface area (Å²) in [6.07, 6.45) is 11.5. The minimum absolute atomic E-state index is 0.833. The fraction of sp³-hybridized carbons (Fsp3) is 0.500. The molecule has 0 amide bonds. The topological polar surface area (TPSA) is 0 Å². The zero-order valence-electron chi connectivity index (χ0n) is 8.09. The van der Waals surface area contributed by atoms with Crippen molar-refractivity contribution in [3.63, 3.8) is 0 Å². The molecule has 0 heterocycles. The summed E-state index contributed by atoms with van der Waals surface area (Å²) in [7, 11) is 0. The molecule has 0 aromatic carbocycles. The van der Waals surface area contributed by atoms with Crippen LogP contribution in [0.3, 0.4) is 0 Å². The van der Waals surface area contributed by atoms with E-state index in [0.29, 0.717) is 0 Å². The molecule has 2 bridgehead atoms. The van der Waals surface area contributed by atoms with Gasteiger partial charge in [-0.2, -0.15) is 0 Å². The Labute approximate surface area is 75.7 Å². The van der Waals surface area contributed by atoms with E-state index in [1.54, 1.807) is 11.6 Å². The molecule has 0 aliphatic heterocycles. The third-order valence-corrected chi connectivity index (χ3v) is 2.52. The summed E-state index contributed by atoms with van der Waals surface area (Å²) in [4.78, 5) is 0. The van der Waals surface area contributed by atoms with Crippen LogP contribution in [0.5, 0.6) is 0 Å². The molecular formula is C12H18. The molecule has 2 rings (SSSR count). The van der Waals surface area contributed by atoms with Gasteiger partial charge in [-0.3, -0.25) is 0 Å². The number of rotatable bonds is 0. The molecule has 1 fully saturated rings. The van der Waals surface area contributed by atoms with Crippen molar-refractivity contribution in [2.24, 2.45) is 11.8 Å². The highest BCUT2D eigenvalue weighted by Crippen LogP contribution is 2.42. The summed E-state index contributed by atoms with van der Waals surface area (Å²) in [5, 5.41) is 0. The van der Waals surface area contributed by atoms with E-state index in [4.69, 9.17) is 0 Å². The van der Waals surface area contributed by atoms with Gasteiger partial charge in [-0.1, -0.05) is 29.9 Å². The SMILES string of the molecule is C/C=C1\CC2C=CC1C2.C=CC. The lowest BCUT2D eigenvalue weighted by molar-refractivity contribution is 0.693. The molecule has 0 heteroatoms. The molecule has 0 aromatic heterocycles. The van der Waals surface area contributed by atoms with Crippen LogP contribution in [0.25, 0.3) is 0 Å². The van der Waals surface area contributed by atoms with Gasteiger partial charge >= 0.3 is 0 Å². The summed E-state index contributed by atoms with van der Waals surface area (Å²) in [6, 6.07) is 0. The predicted octanol–water partition coefficient (Wildman–Crippen LogP) is 3.72. The third-order valence-electron chi connectivity index (χ3n) is 2.52. The van der Waals surface area contributed by atoms with E-state index >= 15 is 0 Å². The summed E-state index contributed by atoms with van der Waals surface area (Å²) >= 11 is 0. The maximum Gasteiger partial charge on any atom is -0.00174 e. The second-order valence-corrected chi connectivity index (χ2v) is 3.46. The average Bonchev–Trinajstić information content (AvgIpc) is 2.65. The highest BCUT2D eigenvalue weighted by molar-refractivity contribution is 5.26. The Morgan fingerprint density at radius 1 is 1.42 bits per heavy atom. The molecule has 2 aliphatic rings. The maximum atomic E-state index is 3.36. The monoisotopic (exact) mass is 162 g/mol. The zero-order chi connectivity index (χ0) is 8.97. The van der Waals surface area contributed by atoms with Gasteiger partial charge < -0.3 is 0 Å². The van der Waals surface area contributed by atoms with E-state index < -0.39 is 0 Å². The molecule has 0 nitrogen and oxygen atoms in total. The first-order chi connectivity index (χ1) is 5.81. The van der Waals surface area contributed by atoms with Gasteiger partial charge in [-0.25, -0.2) is 0 Å². The van der Waals surface area contributed by atoms with Crippen molar-refractivity contribution in [1.82, 2.24) is 0 Å². The molecule has 1 saturated carbocycles. The Balaban J connectivity index is 0.000000213. The van der Waals surface area contributed by atoms with Gasteiger partial charge in [-0.05, 0) is 38.5 Å². The molecule has 0 spiro atoms. The highest BCUT2D eigenvalue weighted by Gasteiger charge is 2.29. The van der Waals surface area contributed by atoms with E-state index in [9.17, 15) is 0 Å². The Morgan fingerprint density at radius 2 is 2.08 bits per heavy atom. The fourth-order valence-electron chi connectivity index (χ4n) is 1.99.